The minimum atomic E-state index is 0.323. The van der Waals surface area contributed by atoms with Gasteiger partial charge in [-0.25, -0.2) is 4.98 Å². The molecule has 0 aliphatic heterocycles. The Bertz CT molecular complexity index is 348. The van der Waals surface area contributed by atoms with Gasteiger partial charge in [0.2, 0.25) is 0 Å². The summed E-state index contributed by atoms with van der Waals surface area (Å²) in [6.45, 7) is 12.3. The van der Waals surface area contributed by atoms with Gasteiger partial charge in [-0.1, -0.05) is 34.6 Å². The molecule has 3 heteroatoms. The molecule has 0 bridgehead atoms. The van der Waals surface area contributed by atoms with Crippen molar-refractivity contribution in [1.29, 1.82) is 0 Å². The Hall–Kier alpha value is -0.410. The van der Waals surface area contributed by atoms with Crippen LogP contribution in [0.4, 0.5) is 0 Å². The van der Waals surface area contributed by atoms with Crippen molar-refractivity contribution in [2.24, 2.45) is 11.3 Å². The first-order chi connectivity index (χ1) is 7.81. The molecule has 0 fully saturated rings. The molecule has 1 aromatic heterocycles. The molecule has 0 amide bonds. The zero-order chi connectivity index (χ0) is 13.1. The Balaban J connectivity index is 2.87. The van der Waals surface area contributed by atoms with Gasteiger partial charge in [0, 0.05) is 17.8 Å². The summed E-state index contributed by atoms with van der Waals surface area (Å²) in [5.41, 5.74) is 1.63. The second kappa shape index (κ2) is 5.96. The Morgan fingerprint density at radius 2 is 1.94 bits per heavy atom. The number of nitrogens with one attached hydrogen (secondary N) is 1. The molecule has 0 spiro atoms. The fourth-order valence-electron chi connectivity index (χ4n) is 1.81. The highest BCUT2D eigenvalue weighted by Crippen LogP contribution is 2.27. The normalized spacial score (nSPS) is 12.4. The summed E-state index contributed by atoms with van der Waals surface area (Å²) in [4.78, 5) is 6.25. The first kappa shape index (κ1) is 14.7. The average molecular weight is 254 g/mol. The summed E-state index contributed by atoms with van der Waals surface area (Å²) in [5.74, 6) is 0.676. The van der Waals surface area contributed by atoms with Crippen LogP contribution in [0.3, 0.4) is 0 Å². The zero-order valence-electron chi connectivity index (χ0n) is 12.1. The van der Waals surface area contributed by atoms with Crippen molar-refractivity contribution in [3.8, 4) is 0 Å². The van der Waals surface area contributed by atoms with Crippen LogP contribution in [0.5, 0.6) is 0 Å². The summed E-state index contributed by atoms with van der Waals surface area (Å²) in [6.07, 6.45) is 2.17. The van der Waals surface area contributed by atoms with Crippen LogP contribution in [0.15, 0.2) is 0 Å². The molecule has 0 unspecified atom stereocenters. The van der Waals surface area contributed by atoms with Crippen molar-refractivity contribution in [3.05, 3.63) is 15.6 Å². The Kier molecular flexibility index (Phi) is 5.14. The Labute approximate surface area is 110 Å². The molecule has 2 nitrogen and oxygen atoms in total. The molecule has 0 atom stereocenters. The molecule has 0 aliphatic rings. The summed E-state index contributed by atoms with van der Waals surface area (Å²) >= 11 is 1.88. The third-order valence-corrected chi connectivity index (χ3v) is 3.54. The zero-order valence-corrected chi connectivity index (χ0v) is 12.9. The predicted molar refractivity (Wildman–Crippen MR) is 76.6 cm³/mol. The lowest BCUT2D eigenvalue weighted by molar-refractivity contribution is 0.410. The number of hydrogen-bond donors (Lipinski definition) is 1. The molecule has 0 aromatic carbocycles. The van der Waals surface area contributed by atoms with Gasteiger partial charge in [-0.15, -0.1) is 11.3 Å². The highest BCUT2D eigenvalue weighted by molar-refractivity contribution is 7.11. The van der Waals surface area contributed by atoms with Crippen molar-refractivity contribution in [2.45, 2.75) is 54.0 Å². The van der Waals surface area contributed by atoms with Gasteiger partial charge in [-0.2, -0.15) is 0 Å². The summed E-state index contributed by atoms with van der Waals surface area (Å²) < 4.78 is 0. The fourth-order valence-corrected chi connectivity index (χ4v) is 3.22. The molecule has 1 rings (SSSR count). The smallest absolute Gasteiger partial charge is 0.0936 e. The van der Waals surface area contributed by atoms with Crippen LogP contribution in [0.1, 0.15) is 50.2 Å². The average Bonchev–Trinajstić information content (AvgIpc) is 2.44. The molecule has 0 radical (unpaired) electrons. The van der Waals surface area contributed by atoms with E-state index in [2.05, 4.69) is 39.9 Å². The van der Waals surface area contributed by atoms with Crippen LogP contribution in [-0.2, 0) is 19.4 Å². The van der Waals surface area contributed by atoms with Crippen molar-refractivity contribution < 1.29 is 0 Å². The van der Waals surface area contributed by atoms with E-state index in [4.69, 9.17) is 4.98 Å². The minimum absolute atomic E-state index is 0.323. The van der Waals surface area contributed by atoms with Gasteiger partial charge in [0.15, 0.2) is 0 Å². The monoisotopic (exact) mass is 254 g/mol. The van der Waals surface area contributed by atoms with E-state index in [0.29, 0.717) is 11.3 Å². The largest absolute Gasteiger partial charge is 0.315 e. The molecular weight excluding hydrogens is 228 g/mol. The topological polar surface area (TPSA) is 24.9 Å². The van der Waals surface area contributed by atoms with Gasteiger partial charge in [0.1, 0.15) is 0 Å². The van der Waals surface area contributed by atoms with Crippen molar-refractivity contribution in [2.75, 3.05) is 7.05 Å². The minimum Gasteiger partial charge on any atom is -0.315 e. The van der Waals surface area contributed by atoms with E-state index in [1.165, 1.54) is 15.6 Å². The molecule has 1 N–H and O–H groups in total. The molecule has 17 heavy (non-hydrogen) atoms. The van der Waals surface area contributed by atoms with E-state index in [1.54, 1.807) is 0 Å². The number of aromatic nitrogens is 1. The lowest BCUT2D eigenvalue weighted by atomic mass is 9.93. The van der Waals surface area contributed by atoms with Crippen LogP contribution in [0.2, 0.25) is 0 Å². The van der Waals surface area contributed by atoms with Gasteiger partial charge in [0.05, 0.1) is 10.7 Å². The molecule has 1 aromatic rings. The SMILES string of the molecule is CNCc1sc(CC(C)(C)C)nc1CC(C)C. The van der Waals surface area contributed by atoms with Gasteiger partial charge in [-0.3, -0.25) is 0 Å². The Morgan fingerprint density at radius 3 is 2.41 bits per heavy atom. The van der Waals surface area contributed by atoms with Gasteiger partial charge in [0.25, 0.3) is 0 Å². The van der Waals surface area contributed by atoms with E-state index >= 15 is 0 Å². The predicted octanol–water partition coefficient (Wildman–Crippen LogP) is 3.65. The second-order valence-electron chi connectivity index (χ2n) is 6.34. The highest BCUT2D eigenvalue weighted by atomic mass is 32.1. The number of rotatable bonds is 5. The highest BCUT2D eigenvalue weighted by Gasteiger charge is 2.17. The molecule has 0 saturated carbocycles. The maximum absolute atomic E-state index is 4.83. The van der Waals surface area contributed by atoms with E-state index in [-0.39, 0.29) is 0 Å². The van der Waals surface area contributed by atoms with Gasteiger partial charge < -0.3 is 5.32 Å². The van der Waals surface area contributed by atoms with E-state index in [9.17, 15) is 0 Å². The van der Waals surface area contributed by atoms with Crippen LogP contribution < -0.4 is 5.32 Å². The third kappa shape index (κ3) is 5.17. The Morgan fingerprint density at radius 1 is 1.29 bits per heavy atom. The van der Waals surface area contributed by atoms with Gasteiger partial charge >= 0.3 is 0 Å². The fraction of sp³-hybridized carbons (Fsp3) is 0.786. The molecule has 1 heterocycles. The number of nitrogens with zero attached hydrogens (tertiary/aromatic N) is 1. The van der Waals surface area contributed by atoms with E-state index < -0.39 is 0 Å². The molecule has 98 valence electrons. The van der Waals surface area contributed by atoms with Crippen LogP contribution in [-0.4, -0.2) is 12.0 Å². The van der Waals surface area contributed by atoms with Crippen LogP contribution in [0.25, 0.3) is 0 Å². The first-order valence-corrected chi connectivity index (χ1v) is 7.25. The summed E-state index contributed by atoms with van der Waals surface area (Å²) in [6, 6.07) is 0. The van der Waals surface area contributed by atoms with Crippen LogP contribution in [0, 0.1) is 11.3 Å². The maximum Gasteiger partial charge on any atom is 0.0936 e. The number of hydrogen-bond acceptors (Lipinski definition) is 3. The van der Waals surface area contributed by atoms with Crippen molar-refractivity contribution in [1.82, 2.24) is 10.3 Å². The molecule has 0 saturated heterocycles. The van der Waals surface area contributed by atoms with E-state index in [0.717, 1.165) is 19.4 Å². The van der Waals surface area contributed by atoms with Crippen molar-refractivity contribution in [3.63, 3.8) is 0 Å². The lowest BCUT2D eigenvalue weighted by Gasteiger charge is -2.15. The van der Waals surface area contributed by atoms with Gasteiger partial charge in [-0.05, 0) is 24.8 Å². The molecule has 0 aliphatic carbocycles. The lowest BCUT2D eigenvalue weighted by Crippen LogP contribution is -2.09. The summed E-state index contributed by atoms with van der Waals surface area (Å²) in [7, 11) is 2.00. The van der Waals surface area contributed by atoms with Crippen molar-refractivity contribution >= 4 is 11.3 Å². The molecular formula is C14H26N2S. The quantitative estimate of drug-likeness (QED) is 0.867. The van der Waals surface area contributed by atoms with E-state index in [1.807, 2.05) is 18.4 Å². The summed E-state index contributed by atoms with van der Waals surface area (Å²) in [5, 5.41) is 4.53. The standard InChI is InChI=1S/C14H26N2S/c1-10(2)7-11-12(9-15-6)17-13(16-11)8-14(3,4)5/h10,15H,7-9H2,1-6H3. The van der Waals surface area contributed by atoms with Crippen LogP contribution >= 0.6 is 11.3 Å². The third-order valence-electron chi connectivity index (χ3n) is 2.44. The second-order valence-corrected chi connectivity index (χ2v) is 7.51. The maximum atomic E-state index is 4.83. The number of thiazole rings is 1. The first-order valence-electron chi connectivity index (χ1n) is 6.44.